The number of amides is 1. The van der Waals surface area contributed by atoms with Crippen molar-refractivity contribution in [1.29, 1.82) is 5.26 Å². The lowest BCUT2D eigenvalue weighted by Crippen LogP contribution is -2.42. The van der Waals surface area contributed by atoms with Gasteiger partial charge < -0.3 is 4.74 Å². The predicted octanol–water partition coefficient (Wildman–Crippen LogP) is 3.00. The lowest BCUT2D eigenvalue weighted by molar-refractivity contribution is 0.00842. The third-order valence-corrected chi connectivity index (χ3v) is 4.06. The zero-order valence-electron chi connectivity index (χ0n) is 15.2. The van der Waals surface area contributed by atoms with Crippen molar-refractivity contribution >= 4 is 6.09 Å². The molecular weight excluding hydrogens is 332 g/mol. The highest BCUT2D eigenvalue weighted by atomic mass is 16.6. The number of benzene rings is 1. The van der Waals surface area contributed by atoms with Gasteiger partial charge in [-0.3, -0.25) is 4.90 Å². The summed E-state index contributed by atoms with van der Waals surface area (Å²) in [5.41, 5.74) is 0.624. The second-order valence-electron chi connectivity index (χ2n) is 7.28. The minimum Gasteiger partial charge on any atom is -0.444 e. The number of tetrazole rings is 1. The van der Waals surface area contributed by atoms with Crippen molar-refractivity contribution < 1.29 is 9.53 Å². The monoisotopic (exact) mass is 354 g/mol. The van der Waals surface area contributed by atoms with E-state index in [1.165, 1.54) is 4.80 Å². The van der Waals surface area contributed by atoms with E-state index in [0.29, 0.717) is 23.6 Å². The second-order valence-corrected chi connectivity index (χ2v) is 7.28. The molecule has 2 aromatic rings. The number of aromatic nitrogens is 4. The van der Waals surface area contributed by atoms with Gasteiger partial charge in [-0.2, -0.15) is 5.26 Å². The number of rotatable bonds is 2. The van der Waals surface area contributed by atoms with Gasteiger partial charge in [0.05, 0.1) is 23.4 Å². The van der Waals surface area contributed by atoms with Crippen molar-refractivity contribution in [1.82, 2.24) is 25.1 Å². The first-order chi connectivity index (χ1) is 12.4. The van der Waals surface area contributed by atoms with Crippen molar-refractivity contribution in [2.24, 2.45) is 0 Å². The molecule has 3 rings (SSSR count). The van der Waals surface area contributed by atoms with Crippen molar-refractivity contribution in [3.63, 3.8) is 0 Å². The largest absolute Gasteiger partial charge is 0.444 e. The normalized spacial score (nSPS) is 17.6. The quantitative estimate of drug-likeness (QED) is 0.822. The van der Waals surface area contributed by atoms with Crippen LogP contribution >= 0.6 is 0 Å². The molecule has 1 fully saturated rings. The van der Waals surface area contributed by atoms with E-state index in [1.54, 1.807) is 29.2 Å². The van der Waals surface area contributed by atoms with Gasteiger partial charge in [0.2, 0.25) is 0 Å². The van der Waals surface area contributed by atoms with Gasteiger partial charge in [0.1, 0.15) is 5.60 Å². The molecule has 8 heteroatoms. The predicted molar refractivity (Wildman–Crippen MR) is 93.4 cm³/mol. The number of ether oxygens (including phenoxy) is 1. The maximum atomic E-state index is 12.5. The van der Waals surface area contributed by atoms with Crippen molar-refractivity contribution in [2.45, 2.75) is 51.7 Å². The standard InChI is InChI=1S/C18H22N6O2/c1-18(2,3)26-17(25)23-10-5-4-9-15(23)16-20-22-24(21-16)14-8-6-7-13(11-14)12-19/h6-8,11,15H,4-5,9-10H2,1-3H3/t15-/m0/s1. The number of hydrogen-bond acceptors (Lipinski definition) is 6. The van der Waals surface area contributed by atoms with Crippen LogP contribution in [0.25, 0.3) is 5.69 Å². The molecule has 136 valence electrons. The Morgan fingerprint density at radius 3 is 2.88 bits per heavy atom. The molecule has 0 spiro atoms. The minimum absolute atomic E-state index is 0.258. The fourth-order valence-electron chi connectivity index (χ4n) is 2.91. The minimum atomic E-state index is -0.554. The molecule has 26 heavy (non-hydrogen) atoms. The number of carbonyl (C=O) groups is 1. The molecule has 0 unspecified atom stereocenters. The molecule has 1 atom stereocenters. The van der Waals surface area contributed by atoms with Crippen LogP contribution in [-0.4, -0.2) is 43.3 Å². The van der Waals surface area contributed by atoms with E-state index in [0.717, 1.165) is 19.3 Å². The molecule has 1 amide bonds. The molecule has 0 aliphatic carbocycles. The third-order valence-electron chi connectivity index (χ3n) is 4.06. The summed E-state index contributed by atoms with van der Waals surface area (Å²) in [7, 11) is 0. The lowest BCUT2D eigenvalue weighted by atomic mass is 10.0. The van der Waals surface area contributed by atoms with Gasteiger partial charge >= 0.3 is 6.09 Å². The summed E-state index contributed by atoms with van der Waals surface area (Å²) < 4.78 is 5.52. The highest BCUT2D eigenvalue weighted by molar-refractivity contribution is 5.68. The molecule has 0 saturated carbocycles. The number of hydrogen-bond donors (Lipinski definition) is 0. The second kappa shape index (κ2) is 7.12. The van der Waals surface area contributed by atoms with Gasteiger partial charge in [-0.15, -0.1) is 15.0 Å². The smallest absolute Gasteiger partial charge is 0.410 e. The topological polar surface area (TPSA) is 96.9 Å². The van der Waals surface area contributed by atoms with Crippen molar-refractivity contribution in [3.8, 4) is 11.8 Å². The molecule has 0 radical (unpaired) electrons. The van der Waals surface area contributed by atoms with E-state index in [9.17, 15) is 4.79 Å². The Hall–Kier alpha value is -2.95. The molecule has 0 N–H and O–H groups in total. The Morgan fingerprint density at radius 2 is 2.15 bits per heavy atom. The van der Waals surface area contributed by atoms with Crippen molar-refractivity contribution in [3.05, 3.63) is 35.7 Å². The van der Waals surface area contributed by atoms with E-state index in [4.69, 9.17) is 10.00 Å². The van der Waals surface area contributed by atoms with Gasteiger partial charge in [-0.05, 0) is 63.4 Å². The third kappa shape index (κ3) is 3.99. The van der Waals surface area contributed by atoms with Crippen LogP contribution in [0.15, 0.2) is 24.3 Å². The number of likely N-dealkylation sites (tertiary alicyclic amines) is 1. The molecule has 1 aliphatic heterocycles. The molecule has 1 aromatic carbocycles. The Kier molecular flexibility index (Phi) is 4.89. The van der Waals surface area contributed by atoms with Crippen LogP contribution in [0.2, 0.25) is 0 Å². The number of nitriles is 1. The van der Waals surface area contributed by atoms with Crippen molar-refractivity contribution in [2.75, 3.05) is 6.54 Å². The fraction of sp³-hybridized carbons (Fsp3) is 0.500. The maximum Gasteiger partial charge on any atom is 0.410 e. The Morgan fingerprint density at radius 1 is 1.35 bits per heavy atom. The molecule has 0 bridgehead atoms. The zero-order valence-corrected chi connectivity index (χ0v) is 15.2. The Balaban J connectivity index is 1.84. The van der Waals surface area contributed by atoms with Gasteiger partial charge in [0.15, 0.2) is 5.82 Å². The average Bonchev–Trinajstić information content (AvgIpc) is 3.10. The SMILES string of the molecule is CC(C)(C)OC(=O)N1CCCC[C@H]1c1nnn(-c2cccc(C#N)c2)n1. The van der Waals surface area contributed by atoms with E-state index in [1.807, 2.05) is 20.8 Å². The first kappa shape index (κ1) is 17.9. The average molecular weight is 354 g/mol. The summed E-state index contributed by atoms with van der Waals surface area (Å²) in [6.07, 6.45) is 2.32. The van der Waals surface area contributed by atoms with Crippen LogP contribution in [0, 0.1) is 11.3 Å². The molecular formula is C18H22N6O2. The number of nitrogens with zero attached hydrogens (tertiary/aromatic N) is 6. The van der Waals surface area contributed by atoms with Gasteiger partial charge in [-0.1, -0.05) is 6.07 Å². The molecule has 1 aliphatic rings. The first-order valence-electron chi connectivity index (χ1n) is 8.67. The maximum absolute atomic E-state index is 12.5. The lowest BCUT2D eigenvalue weighted by Gasteiger charge is -2.35. The number of piperidine rings is 1. The van der Waals surface area contributed by atoms with Gasteiger partial charge in [-0.25, -0.2) is 4.79 Å². The summed E-state index contributed by atoms with van der Waals surface area (Å²) in [6.45, 7) is 6.15. The number of carbonyl (C=O) groups excluding carboxylic acids is 1. The Labute approximate surface area is 152 Å². The molecule has 1 saturated heterocycles. The van der Waals surface area contributed by atoms with Gasteiger partial charge in [0.25, 0.3) is 0 Å². The molecule has 1 aromatic heterocycles. The summed E-state index contributed by atoms with van der Waals surface area (Å²) in [4.78, 5) is 15.6. The van der Waals surface area contributed by atoms with E-state index >= 15 is 0 Å². The molecule has 2 heterocycles. The van der Waals surface area contributed by atoms with Crippen LogP contribution in [-0.2, 0) is 4.74 Å². The van der Waals surface area contributed by atoms with Crippen LogP contribution in [0.3, 0.4) is 0 Å². The summed E-state index contributed by atoms with van der Waals surface area (Å²) in [5, 5.41) is 21.7. The summed E-state index contributed by atoms with van der Waals surface area (Å²) in [6, 6.07) is 8.81. The van der Waals surface area contributed by atoms with Crippen LogP contribution in [0.1, 0.15) is 57.5 Å². The van der Waals surface area contributed by atoms with E-state index in [-0.39, 0.29) is 12.1 Å². The molecule has 8 nitrogen and oxygen atoms in total. The highest BCUT2D eigenvalue weighted by Gasteiger charge is 2.34. The summed E-state index contributed by atoms with van der Waals surface area (Å²) >= 11 is 0. The van der Waals surface area contributed by atoms with Crippen LogP contribution < -0.4 is 0 Å². The highest BCUT2D eigenvalue weighted by Crippen LogP contribution is 2.30. The summed E-state index contributed by atoms with van der Waals surface area (Å²) in [5.74, 6) is 0.484. The fourth-order valence-corrected chi connectivity index (χ4v) is 2.91. The van der Waals surface area contributed by atoms with E-state index < -0.39 is 5.60 Å². The van der Waals surface area contributed by atoms with E-state index in [2.05, 4.69) is 21.5 Å². The first-order valence-corrected chi connectivity index (χ1v) is 8.67. The van der Waals surface area contributed by atoms with Gasteiger partial charge in [0, 0.05) is 6.54 Å². The zero-order chi connectivity index (χ0) is 18.7. The Bertz CT molecular complexity index is 833. The van der Waals surface area contributed by atoms with Crippen LogP contribution in [0.5, 0.6) is 0 Å². The van der Waals surface area contributed by atoms with Crippen LogP contribution in [0.4, 0.5) is 4.79 Å².